The van der Waals surface area contributed by atoms with Crippen LogP contribution < -0.4 is 0 Å². The molecule has 1 aromatic rings. The summed E-state index contributed by atoms with van der Waals surface area (Å²) in [5.74, 6) is 0. The van der Waals surface area contributed by atoms with Crippen LogP contribution in [0.15, 0.2) is 24.5 Å². The first kappa shape index (κ1) is 13.2. The number of hydrogen-bond acceptors (Lipinski definition) is 1. The Labute approximate surface area is 100 Å². The van der Waals surface area contributed by atoms with Crippen LogP contribution >= 0.6 is 0 Å². The van der Waals surface area contributed by atoms with E-state index < -0.39 is 0 Å². The Kier molecular flexibility index (Phi) is 5.51. The van der Waals surface area contributed by atoms with Gasteiger partial charge in [-0.05, 0) is 29.9 Å². The molecule has 0 spiro atoms. The van der Waals surface area contributed by atoms with E-state index in [0.717, 1.165) is 6.42 Å². The molecule has 0 fully saturated rings. The number of rotatable bonds is 7. The molecule has 1 nitrogen and oxygen atoms in total. The zero-order valence-corrected chi connectivity index (χ0v) is 11.0. The average molecular weight is 219 g/mol. The quantitative estimate of drug-likeness (QED) is 0.610. The lowest BCUT2D eigenvalue weighted by atomic mass is 9.81. The van der Waals surface area contributed by atoms with Crippen molar-refractivity contribution in [3.63, 3.8) is 0 Å². The summed E-state index contributed by atoms with van der Waals surface area (Å²) in [6.07, 6.45) is 11.8. The maximum Gasteiger partial charge on any atom is 0.0300 e. The minimum atomic E-state index is 0.413. The summed E-state index contributed by atoms with van der Waals surface area (Å²) in [6, 6.07) is 4.21. The standard InChI is InChI=1S/C15H25N/c1-4-5-6-7-10-15(2,3)12-14-9-8-11-16-13-14/h8-9,11,13H,4-7,10,12H2,1-3H3. The van der Waals surface area contributed by atoms with E-state index in [1.807, 2.05) is 18.5 Å². The zero-order valence-electron chi connectivity index (χ0n) is 11.0. The predicted octanol–water partition coefficient (Wildman–Crippen LogP) is 4.62. The molecule has 0 atom stereocenters. The first-order chi connectivity index (χ1) is 7.64. The molecule has 1 rings (SSSR count). The fourth-order valence-electron chi connectivity index (χ4n) is 2.17. The Morgan fingerprint density at radius 1 is 1.19 bits per heavy atom. The summed E-state index contributed by atoms with van der Waals surface area (Å²) in [4.78, 5) is 4.18. The molecule has 0 aliphatic heterocycles. The van der Waals surface area contributed by atoms with Gasteiger partial charge < -0.3 is 0 Å². The zero-order chi connectivity index (χ0) is 11.9. The third-order valence-corrected chi connectivity index (χ3v) is 3.11. The van der Waals surface area contributed by atoms with Gasteiger partial charge in [0.05, 0.1) is 0 Å². The van der Waals surface area contributed by atoms with E-state index in [-0.39, 0.29) is 0 Å². The third kappa shape index (κ3) is 5.29. The lowest BCUT2D eigenvalue weighted by Gasteiger charge is -2.24. The molecule has 0 amide bonds. The molecule has 1 aromatic heterocycles. The Morgan fingerprint density at radius 2 is 2.00 bits per heavy atom. The minimum Gasteiger partial charge on any atom is -0.264 e. The summed E-state index contributed by atoms with van der Waals surface area (Å²) < 4.78 is 0. The number of unbranched alkanes of at least 4 members (excludes halogenated alkanes) is 3. The lowest BCUT2D eigenvalue weighted by molar-refractivity contribution is 0.317. The summed E-state index contributed by atoms with van der Waals surface area (Å²) >= 11 is 0. The van der Waals surface area contributed by atoms with Crippen LogP contribution in [0.5, 0.6) is 0 Å². The summed E-state index contributed by atoms with van der Waals surface area (Å²) in [5.41, 5.74) is 1.78. The Bertz CT molecular complexity index is 277. The van der Waals surface area contributed by atoms with Crippen molar-refractivity contribution >= 4 is 0 Å². The van der Waals surface area contributed by atoms with Crippen LogP contribution in [-0.4, -0.2) is 4.98 Å². The van der Waals surface area contributed by atoms with E-state index in [0.29, 0.717) is 5.41 Å². The predicted molar refractivity (Wildman–Crippen MR) is 70.5 cm³/mol. The van der Waals surface area contributed by atoms with Crippen molar-refractivity contribution < 1.29 is 0 Å². The highest BCUT2D eigenvalue weighted by atomic mass is 14.6. The van der Waals surface area contributed by atoms with Crippen molar-refractivity contribution in [3.05, 3.63) is 30.1 Å². The Morgan fingerprint density at radius 3 is 2.62 bits per heavy atom. The van der Waals surface area contributed by atoms with E-state index in [1.165, 1.54) is 37.7 Å². The highest BCUT2D eigenvalue weighted by Gasteiger charge is 2.17. The summed E-state index contributed by atoms with van der Waals surface area (Å²) in [7, 11) is 0. The topological polar surface area (TPSA) is 12.9 Å². The Balaban J connectivity index is 2.33. The second-order valence-corrected chi connectivity index (χ2v) is 5.51. The van der Waals surface area contributed by atoms with Gasteiger partial charge in [0.15, 0.2) is 0 Å². The van der Waals surface area contributed by atoms with Crippen molar-refractivity contribution in [2.45, 2.75) is 59.3 Å². The van der Waals surface area contributed by atoms with Gasteiger partial charge in [-0.25, -0.2) is 0 Å². The second kappa shape index (κ2) is 6.67. The molecule has 0 saturated heterocycles. The maximum absolute atomic E-state index is 4.18. The van der Waals surface area contributed by atoms with E-state index >= 15 is 0 Å². The van der Waals surface area contributed by atoms with Crippen LogP contribution in [0.4, 0.5) is 0 Å². The molecule has 1 heteroatoms. The van der Waals surface area contributed by atoms with Gasteiger partial charge in [-0.3, -0.25) is 4.98 Å². The molecule has 0 aliphatic rings. The van der Waals surface area contributed by atoms with Crippen molar-refractivity contribution in [2.75, 3.05) is 0 Å². The van der Waals surface area contributed by atoms with Crippen LogP contribution in [0, 0.1) is 5.41 Å². The molecule has 0 bridgehead atoms. The number of pyridine rings is 1. The van der Waals surface area contributed by atoms with Crippen molar-refractivity contribution in [3.8, 4) is 0 Å². The third-order valence-electron chi connectivity index (χ3n) is 3.11. The minimum absolute atomic E-state index is 0.413. The normalized spacial score (nSPS) is 11.7. The molecule has 0 unspecified atom stereocenters. The van der Waals surface area contributed by atoms with Crippen LogP contribution in [0.1, 0.15) is 58.4 Å². The van der Waals surface area contributed by atoms with Gasteiger partial charge in [0.25, 0.3) is 0 Å². The highest BCUT2D eigenvalue weighted by Crippen LogP contribution is 2.28. The SMILES string of the molecule is CCCCCCC(C)(C)Cc1cccnc1. The van der Waals surface area contributed by atoms with Gasteiger partial charge in [0.2, 0.25) is 0 Å². The van der Waals surface area contributed by atoms with Gasteiger partial charge in [-0.1, -0.05) is 52.5 Å². The Hall–Kier alpha value is -0.850. The van der Waals surface area contributed by atoms with Crippen LogP contribution in [0.2, 0.25) is 0 Å². The lowest BCUT2D eigenvalue weighted by Crippen LogP contribution is -2.15. The monoisotopic (exact) mass is 219 g/mol. The van der Waals surface area contributed by atoms with Gasteiger partial charge in [0, 0.05) is 12.4 Å². The van der Waals surface area contributed by atoms with Crippen molar-refractivity contribution in [1.82, 2.24) is 4.98 Å². The van der Waals surface area contributed by atoms with Gasteiger partial charge >= 0.3 is 0 Å². The average Bonchev–Trinajstić information content (AvgIpc) is 2.25. The smallest absolute Gasteiger partial charge is 0.0300 e. The first-order valence-corrected chi connectivity index (χ1v) is 6.53. The molecule has 0 saturated carbocycles. The maximum atomic E-state index is 4.18. The fraction of sp³-hybridized carbons (Fsp3) is 0.667. The van der Waals surface area contributed by atoms with Crippen LogP contribution in [0.25, 0.3) is 0 Å². The first-order valence-electron chi connectivity index (χ1n) is 6.53. The molecule has 0 aromatic carbocycles. The number of aromatic nitrogens is 1. The van der Waals surface area contributed by atoms with Crippen molar-refractivity contribution in [2.24, 2.45) is 5.41 Å². The molecule has 0 radical (unpaired) electrons. The van der Waals surface area contributed by atoms with Gasteiger partial charge in [-0.2, -0.15) is 0 Å². The molecule has 1 heterocycles. The van der Waals surface area contributed by atoms with E-state index in [9.17, 15) is 0 Å². The molecular weight excluding hydrogens is 194 g/mol. The van der Waals surface area contributed by atoms with E-state index in [4.69, 9.17) is 0 Å². The molecule has 16 heavy (non-hydrogen) atoms. The molecule has 0 N–H and O–H groups in total. The van der Waals surface area contributed by atoms with Gasteiger partial charge in [0.1, 0.15) is 0 Å². The number of hydrogen-bond donors (Lipinski definition) is 0. The second-order valence-electron chi connectivity index (χ2n) is 5.51. The highest BCUT2D eigenvalue weighted by molar-refractivity contribution is 5.10. The summed E-state index contributed by atoms with van der Waals surface area (Å²) in [6.45, 7) is 7.00. The fourth-order valence-corrected chi connectivity index (χ4v) is 2.17. The number of nitrogens with zero attached hydrogens (tertiary/aromatic N) is 1. The molecular formula is C15H25N. The van der Waals surface area contributed by atoms with E-state index in [2.05, 4.69) is 31.8 Å². The summed E-state index contributed by atoms with van der Waals surface area (Å²) in [5, 5.41) is 0. The van der Waals surface area contributed by atoms with Crippen LogP contribution in [0.3, 0.4) is 0 Å². The van der Waals surface area contributed by atoms with Crippen LogP contribution in [-0.2, 0) is 6.42 Å². The van der Waals surface area contributed by atoms with Crippen molar-refractivity contribution in [1.29, 1.82) is 0 Å². The molecule has 0 aliphatic carbocycles. The molecule has 90 valence electrons. The van der Waals surface area contributed by atoms with Gasteiger partial charge in [-0.15, -0.1) is 0 Å². The largest absolute Gasteiger partial charge is 0.264 e. The van der Waals surface area contributed by atoms with E-state index in [1.54, 1.807) is 0 Å².